The van der Waals surface area contributed by atoms with Crippen LogP contribution in [0.25, 0.3) is 0 Å². The van der Waals surface area contributed by atoms with Gasteiger partial charge in [0.05, 0.1) is 0 Å². The van der Waals surface area contributed by atoms with Gasteiger partial charge >= 0.3 is 20.2 Å². The minimum Gasteiger partial charge on any atom is -0.508 e. The highest BCUT2D eigenvalue weighted by Gasteiger charge is 2.37. The van der Waals surface area contributed by atoms with E-state index in [-0.39, 0.29) is 23.3 Å². The van der Waals surface area contributed by atoms with Crippen LogP contribution in [0.2, 0.25) is 0 Å². The first-order valence-corrected chi connectivity index (χ1v) is 19.5. The Labute approximate surface area is 320 Å². The zero-order valence-electron chi connectivity index (χ0n) is 33.6. The molecule has 2 N–H and O–H groups in total. The van der Waals surface area contributed by atoms with E-state index >= 15 is 0 Å². The van der Waals surface area contributed by atoms with Crippen molar-refractivity contribution in [3.63, 3.8) is 0 Å². The number of aryl methyl sites for hydroxylation is 4. The van der Waals surface area contributed by atoms with Crippen molar-refractivity contribution in [3.05, 3.63) is 116 Å². The standard InChI is InChI=1S/C44H55O9P/c1-25(2)35-21-31(13-15-39(35)45)23-37-27(5)17-33(18-28(37)6)50-43(9,10)41(47)52-54(49)53-42(48)44(11,12)51-34-19-29(7)38(30(8)20-34)24-32-14-16-40(46)36(22-32)26(3)4/h13-22,25-26,45-46,54H,23-24H2,1-12H3. The Hall–Kier alpha value is -4.75. The van der Waals surface area contributed by atoms with Gasteiger partial charge in [0.2, 0.25) is 11.2 Å². The molecular formula is C44H55O9P. The van der Waals surface area contributed by atoms with Gasteiger partial charge in [0.15, 0.2) is 0 Å². The Bertz CT molecular complexity index is 1870. The van der Waals surface area contributed by atoms with E-state index in [2.05, 4.69) is 0 Å². The molecule has 4 aromatic carbocycles. The fraction of sp³-hybridized carbons (Fsp3) is 0.409. The van der Waals surface area contributed by atoms with Gasteiger partial charge in [-0.15, -0.1) is 0 Å². The second kappa shape index (κ2) is 16.7. The normalized spacial score (nSPS) is 12.0. The average molecular weight is 759 g/mol. The number of rotatable bonds is 14. The predicted molar refractivity (Wildman–Crippen MR) is 212 cm³/mol. The van der Waals surface area contributed by atoms with Gasteiger partial charge < -0.3 is 28.7 Å². The third-order valence-electron chi connectivity index (χ3n) is 9.61. The summed E-state index contributed by atoms with van der Waals surface area (Å²) in [6.07, 6.45) is 1.31. The van der Waals surface area contributed by atoms with Crippen molar-refractivity contribution in [2.45, 2.75) is 119 Å². The molecule has 0 fully saturated rings. The van der Waals surface area contributed by atoms with E-state index in [0.717, 1.165) is 55.6 Å². The maximum Gasteiger partial charge on any atom is 0.423 e. The number of ether oxygens (including phenoxy) is 2. The second-order valence-electron chi connectivity index (χ2n) is 15.8. The van der Waals surface area contributed by atoms with Crippen LogP contribution >= 0.6 is 8.25 Å². The Kier molecular flexibility index (Phi) is 13.0. The van der Waals surface area contributed by atoms with Gasteiger partial charge in [0, 0.05) is 0 Å². The monoisotopic (exact) mass is 758 g/mol. The molecule has 54 heavy (non-hydrogen) atoms. The summed E-state index contributed by atoms with van der Waals surface area (Å²) >= 11 is 0. The molecule has 0 atom stereocenters. The van der Waals surface area contributed by atoms with Gasteiger partial charge in [-0.05, 0) is 172 Å². The van der Waals surface area contributed by atoms with Crippen molar-refractivity contribution in [1.29, 1.82) is 0 Å². The van der Waals surface area contributed by atoms with Crippen molar-refractivity contribution < 1.29 is 42.9 Å². The average Bonchev–Trinajstić information content (AvgIpc) is 3.05. The molecule has 0 radical (unpaired) electrons. The Morgan fingerprint density at radius 2 is 0.907 bits per heavy atom. The lowest BCUT2D eigenvalue weighted by Crippen LogP contribution is -2.40. The molecule has 0 amide bonds. The Balaban J connectivity index is 1.37. The zero-order valence-corrected chi connectivity index (χ0v) is 34.6. The molecular weight excluding hydrogens is 703 g/mol. The highest BCUT2D eigenvalue weighted by molar-refractivity contribution is 7.34. The smallest absolute Gasteiger partial charge is 0.423 e. The summed E-state index contributed by atoms with van der Waals surface area (Å²) in [7, 11) is -3.62. The zero-order chi connectivity index (χ0) is 40.3. The molecule has 0 aliphatic heterocycles. The summed E-state index contributed by atoms with van der Waals surface area (Å²) in [5.41, 5.74) is 6.81. The molecule has 0 aromatic heterocycles. The van der Waals surface area contributed by atoms with Gasteiger partial charge in [0.1, 0.15) is 23.0 Å². The van der Waals surface area contributed by atoms with Crippen LogP contribution in [-0.2, 0) is 36.0 Å². The van der Waals surface area contributed by atoms with Crippen molar-refractivity contribution in [3.8, 4) is 23.0 Å². The van der Waals surface area contributed by atoms with E-state index < -0.39 is 31.4 Å². The van der Waals surface area contributed by atoms with Crippen LogP contribution in [-0.4, -0.2) is 33.4 Å². The summed E-state index contributed by atoms with van der Waals surface area (Å²) < 4.78 is 35.1. The number of hydrogen-bond acceptors (Lipinski definition) is 9. The van der Waals surface area contributed by atoms with E-state index in [0.29, 0.717) is 24.3 Å². The molecule has 0 spiro atoms. The molecule has 0 heterocycles. The number of carbonyl (C=O) groups is 2. The fourth-order valence-electron chi connectivity index (χ4n) is 6.43. The lowest BCUT2D eigenvalue weighted by Gasteiger charge is -2.27. The number of hydrogen-bond donors (Lipinski definition) is 2. The topological polar surface area (TPSA) is 129 Å². The number of phenols is 2. The number of phenolic OH excluding ortho intramolecular Hbond substituents is 2. The molecule has 10 heteroatoms. The molecule has 4 aromatic rings. The van der Waals surface area contributed by atoms with Crippen LogP contribution in [0.3, 0.4) is 0 Å². The van der Waals surface area contributed by atoms with Crippen molar-refractivity contribution in [2.24, 2.45) is 0 Å². The number of benzene rings is 4. The Morgan fingerprint density at radius 1 is 0.593 bits per heavy atom. The largest absolute Gasteiger partial charge is 0.508 e. The highest BCUT2D eigenvalue weighted by atomic mass is 31.1. The highest BCUT2D eigenvalue weighted by Crippen LogP contribution is 2.35. The predicted octanol–water partition coefficient (Wildman–Crippen LogP) is 10.3. The van der Waals surface area contributed by atoms with Crippen LogP contribution in [0, 0.1) is 27.7 Å². The van der Waals surface area contributed by atoms with E-state index in [1.807, 2.05) is 104 Å². The molecule has 0 saturated carbocycles. The molecule has 0 aliphatic carbocycles. The van der Waals surface area contributed by atoms with Crippen LogP contribution in [0.4, 0.5) is 0 Å². The molecule has 0 saturated heterocycles. The van der Waals surface area contributed by atoms with Crippen molar-refractivity contribution >= 4 is 20.2 Å². The lowest BCUT2D eigenvalue weighted by atomic mass is 9.93. The van der Waals surface area contributed by atoms with Crippen LogP contribution < -0.4 is 9.47 Å². The fourth-order valence-corrected chi connectivity index (χ4v) is 7.27. The van der Waals surface area contributed by atoms with E-state index in [9.17, 15) is 24.4 Å². The van der Waals surface area contributed by atoms with Gasteiger partial charge in [0.25, 0.3) is 0 Å². The maximum absolute atomic E-state index is 13.1. The maximum atomic E-state index is 13.1. The number of carbonyl (C=O) groups excluding carboxylic acids is 2. The summed E-state index contributed by atoms with van der Waals surface area (Å²) in [4.78, 5) is 26.2. The molecule has 0 aliphatic rings. The van der Waals surface area contributed by atoms with Crippen molar-refractivity contribution in [1.82, 2.24) is 0 Å². The quantitative estimate of drug-likeness (QED) is 0.121. The summed E-state index contributed by atoms with van der Waals surface area (Å²) in [5, 5.41) is 20.5. The molecule has 4 rings (SSSR count). The van der Waals surface area contributed by atoms with E-state index in [1.54, 1.807) is 12.1 Å². The summed E-state index contributed by atoms with van der Waals surface area (Å²) in [6, 6.07) is 18.6. The van der Waals surface area contributed by atoms with Gasteiger partial charge in [-0.3, -0.25) is 0 Å². The lowest BCUT2D eigenvalue weighted by molar-refractivity contribution is -0.153. The first-order valence-electron chi connectivity index (χ1n) is 18.3. The van der Waals surface area contributed by atoms with E-state index in [4.69, 9.17) is 18.5 Å². The minimum atomic E-state index is -3.62. The molecule has 0 bridgehead atoms. The molecule has 0 unspecified atom stereocenters. The van der Waals surface area contributed by atoms with Gasteiger partial charge in [-0.25, -0.2) is 14.2 Å². The first-order chi connectivity index (χ1) is 25.1. The number of aromatic hydroxyl groups is 2. The molecule has 290 valence electrons. The first kappa shape index (κ1) is 42.0. The third-order valence-corrected chi connectivity index (χ3v) is 10.3. The SMILES string of the molecule is Cc1cc(OC(C)(C)C(=O)O[PH](=O)OC(=O)C(C)(C)Oc2cc(C)c(Cc3ccc(O)c(C(C)C)c3)c(C)c2)cc(C)c1Cc1ccc(O)c(C(C)C)c1. The summed E-state index contributed by atoms with van der Waals surface area (Å²) in [6.45, 7) is 21.9. The van der Waals surface area contributed by atoms with Gasteiger partial charge in [-0.2, -0.15) is 0 Å². The summed E-state index contributed by atoms with van der Waals surface area (Å²) in [5.74, 6) is -0.133. The Morgan fingerprint density at radius 3 is 1.20 bits per heavy atom. The van der Waals surface area contributed by atoms with E-state index in [1.165, 1.54) is 27.7 Å². The van der Waals surface area contributed by atoms with Crippen molar-refractivity contribution in [2.75, 3.05) is 0 Å². The molecule has 9 nitrogen and oxygen atoms in total. The van der Waals surface area contributed by atoms with Crippen LogP contribution in [0.15, 0.2) is 60.7 Å². The van der Waals surface area contributed by atoms with Crippen LogP contribution in [0.1, 0.15) is 123 Å². The minimum absolute atomic E-state index is 0.185. The third kappa shape index (κ3) is 10.3. The van der Waals surface area contributed by atoms with Crippen LogP contribution in [0.5, 0.6) is 23.0 Å². The second-order valence-corrected chi connectivity index (χ2v) is 16.7. The van der Waals surface area contributed by atoms with Gasteiger partial charge in [-0.1, -0.05) is 52.0 Å².